The monoisotopic (exact) mass is 394 g/mol. The second-order valence-electron chi connectivity index (χ2n) is 7.65. The summed E-state index contributed by atoms with van der Waals surface area (Å²) in [4.78, 5) is 15.1. The number of hydrogen-bond acceptors (Lipinski definition) is 6. The Morgan fingerprint density at radius 3 is 2.83 bits per heavy atom. The van der Waals surface area contributed by atoms with Crippen molar-refractivity contribution in [1.82, 2.24) is 19.8 Å². The molecule has 1 fully saturated rings. The van der Waals surface area contributed by atoms with Crippen molar-refractivity contribution in [3.05, 3.63) is 42.2 Å². The van der Waals surface area contributed by atoms with Crippen LogP contribution in [-0.2, 0) is 4.79 Å². The minimum absolute atomic E-state index is 0.00689. The van der Waals surface area contributed by atoms with Crippen LogP contribution in [0.2, 0.25) is 0 Å². The van der Waals surface area contributed by atoms with Gasteiger partial charge in [0.2, 0.25) is 5.91 Å². The average molecular weight is 394 g/mol. The lowest BCUT2D eigenvalue weighted by molar-refractivity contribution is -0.120. The molecule has 1 amide bonds. The molecule has 1 aliphatic heterocycles. The molecule has 1 unspecified atom stereocenters. The number of anilines is 2. The molecule has 4 rings (SSSR count). The van der Waals surface area contributed by atoms with E-state index in [9.17, 15) is 4.79 Å². The second-order valence-corrected chi connectivity index (χ2v) is 7.65. The zero-order valence-corrected chi connectivity index (χ0v) is 17.0. The minimum atomic E-state index is -0.114. The topological polar surface area (TPSA) is 84.6 Å². The quantitative estimate of drug-likeness (QED) is 0.716. The van der Waals surface area contributed by atoms with Crippen molar-refractivity contribution in [3.63, 3.8) is 0 Å². The van der Waals surface area contributed by atoms with Gasteiger partial charge in [-0.15, -0.1) is 15.3 Å². The van der Waals surface area contributed by atoms with Crippen LogP contribution in [0.3, 0.4) is 0 Å². The van der Waals surface area contributed by atoms with Gasteiger partial charge in [0.05, 0.1) is 18.7 Å². The number of nitrogens with zero attached hydrogens (tertiary/aromatic N) is 5. The molecule has 0 spiro atoms. The Morgan fingerprint density at radius 1 is 1.21 bits per heavy atom. The third-order valence-corrected chi connectivity index (χ3v) is 5.27. The number of carbonyl (C=O) groups is 1. The van der Waals surface area contributed by atoms with E-state index in [1.54, 1.807) is 11.6 Å². The van der Waals surface area contributed by atoms with E-state index in [1.807, 2.05) is 36.4 Å². The number of ether oxygens (including phenoxy) is 1. The van der Waals surface area contributed by atoms with Crippen molar-refractivity contribution in [2.24, 2.45) is 5.92 Å². The van der Waals surface area contributed by atoms with Crippen molar-refractivity contribution >= 4 is 23.1 Å². The van der Waals surface area contributed by atoms with Crippen LogP contribution in [0.1, 0.15) is 38.4 Å². The molecule has 1 N–H and O–H groups in total. The molecule has 0 saturated carbocycles. The molecule has 8 heteroatoms. The molecule has 8 nitrogen and oxygen atoms in total. The molecular weight excluding hydrogens is 368 g/mol. The number of benzene rings is 1. The first-order valence-electron chi connectivity index (χ1n) is 9.98. The Labute approximate surface area is 169 Å². The maximum atomic E-state index is 12.9. The Kier molecular flexibility index (Phi) is 5.33. The number of aromatic nitrogens is 4. The fraction of sp³-hybridized carbons (Fsp3) is 0.429. The maximum Gasteiger partial charge on any atom is 0.229 e. The van der Waals surface area contributed by atoms with E-state index in [-0.39, 0.29) is 17.7 Å². The first kappa shape index (κ1) is 19.2. The van der Waals surface area contributed by atoms with Gasteiger partial charge in [-0.25, -0.2) is 0 Å². The number of piperidine rings is 1. The van der Waals surface area contributed by atoms with Crippen LogP contribution < -0.4 is 15.0 Å². The summed E-state index contributed by atoms with van der Waals surface area (Å²) in [7, 11) is 1.60. The number of rotatable bonds is 5. The number of amides is 1. The Balaban J connectivity index is 1.51. The second kappa shape index (κ2) is 8.06. The van der Waals surface area contributed by atoms with Crippen LogP contribution in [0.5, 0.6) is 5.75 Å². The summed E-state index contributed by atoms with van der Waals surface area (Å²) >= 11 is 0. The standard InChI is InChI=1S/C21H26N6O2/c1-14(2)20-24-23-18-10-11-19(25-27(18)20)26-12-6-7-15(13-26)21(28)22-16-8-4-5-9-17(16)29-3/h4-5,8-11,14-15H,6-7,12-13H2,1-3H3,(H,22,28). The highest BCUT2D eigenvalue weighted by Crippen LogP contribution is 2.27. The number of nitrogens with one attached hydrogen (secondary N) is 1. The predicted octanol–water partition coefficient (Wildman–Crippen LogP) is 3.11. The lowest BCUT2D eigenvalue weighted by Gasteiger charge is -2.32. The van der Waals surface area contributed by atoms with Gasteiger partial charge in [-0.3, -0.25) is 4.79 Å². The zero-order chi connectivity index (χ0) is 20.4. The molecule has 2 aromatic heterocycles. The fourth-order valence-electron chi connectivity index (χ4n) is 3.71. The van der Waals surface area contributed by atoms with Crippen LogP contribution in [0.15, 0.2) is 36.4 Å². The SMILES string of the molecule is COc1ccccc1NC(=O)C1CCCN(c2ccc3nnc(C(C)C)n3n2)C1. The van der Waals surface area contributed by atoms with Crippen molar-refractivity contribution in [2.45, 2.75) is 32.6 Å². The van der Waals surface area contributed by atoms with Crippen molar-refractivity contribution in [2.75, 3.05) is 30.4 Å². The van der Waals surface area contributed by atoms with E-state index in [2.05, 4.69) is 34.3 Å². The van der Waals surface area contributed by atoms with E-state index >= 15 is 0 Å². The summed E-state index contributed by atoms with van der Waals surface area (Å²) in [5.74, 6) is 2.46. The van der Waals surface area contributed by atoms with Gasteiger partial charge >= 0.3 is 0 Å². The predicted molar refractivity (Wildman–Crippen MR) is 111 cm³/mol. The Hall–Kier alpha value is -3.16. The van der Waals surface area contributed by atoms with E-state index in [0.29, 0.717) is 18.0 Å². The molecule has 1 aliphatic rings. The van der Waals surface area contributed by atoms with Crippen molar-refractivity contribution in [1.29, 1.82) is 0 Å². The largest absolute Gasteiger partial charge is 0.495 e. The molecule has 1 aromatic carbocycles. The molecule has 0 radical (unpaired) electrons. The summed E-state index contributed by atoms with van der Waals surface area (Å²) in [5.41, 5.74) is 1.43. The van der Waals surface area contributed by atoms with E-state index in [4.69, 9.17) is 9.84 Å². The Morgan fingerprint density at radius 2 is 2.03 bits per heavy atom. The summed E-state index contributed by atoms with van der Waals surface area (Å²) in [6.45, 7) is 5.64. The number of fused-ring (bicyclic) bond motifs is 1. The van der Waals surface area contributed by atoms with Crippen LogP contribution in [0.25, 0.3) is 5.65 Å². The molecule has 0 aliphatic carbocycles. The van der Waals surface area contributed by atoms with Gasteiger partial charge in [-0.2, -0.15) is 4.52 Å². The van der Waals surface area contributed by atoms with Gasteiger partial charge in [0.25, 0.3) is 0 Å². The molecular formula is C21H26N6O2. The maximum absolute atomic E-state index is 12.9. The minimum Gasteiger partial charge on any atom is -0.495 e. The van der Waals surface area contributed by atoms with Crippen molar-refractivity contribution in [3.8, 4) is 5.75 Å². The number of hydrogen-bond donors (Lipinski definition) is 1. The zero-order valence-electron chi connectivity index (χ0n) is 17.0. The van der Waals surface area contributed by atoms with Gasteiger partial charge in [0.15, 0.2) is 11.5 Å². The molecule has 29 heavy (non-hydrogen) atoms. The van der Waals surface area contributed by atoms with Crippen LogP contribution in [0, 0.1) is 5.92 Å². The first-order chi connectivity index (χ1) is 14.1. The van der Waals surface area contributed by atoms with Crippen LogP contribution >= 0.6 is 0 Å². The highest BCUT2D eigenvalue weighted by molar-refractivity contribution is 5.94. The summed E-state index contributed by atoms with van der Waals surface area (Å²) in [5, 5.41) is 16.2. The van der Waals surface area contributed by atoms with Gasteiger partial charge < -0.3 is 15.0 Å². The molecule has 152 valence electrons. The molecule has 1 atom stereocenters. The number of methoxy groups -OCH3 is 1. The summed E-state index contributed by atoms with van der Waals surface area (Å²) < 4.78 is 7.14. The third kappa shape index (κ3) is 3.87. The lowest BCUT2D eigenvalue weighted by Crippen LogP contribution is -2.41. The Bertz CT molecular complexity index is 1020. The lowest BCUT2D eigenvalue weighted by atomic mass is 9.97. The van der Waals surface area contributed by atoms with Crippen molar-refractivity contribution < 1.29 is 9.53 Å². The highest BCUT2D eigenvalue weighted by Gasteiger charge is 2.27. The first-order valence-corrected chi connectivity index (χ1v) is 9.98. The molecule has 3 heterocycles. The third-order valence-electron chi connectivity index (χ3n) is 5.27. The van der Waals surface area contributed by atoms with E-state index in [0.717, 1.165) is 36.7 Å². The average Bonchev–Trinajstić information content (AvgIpc) is 3.18. The number of para-hydroxylation sites is 2. The normalized spacial score (nSPS) is 17.0. The van der Waals surface area contributed by atoms with E-state index < -0.39 is 0 Å². The highest BCUT2D eigenvalue weighted by atomic mass is 16.5. The van der Waals surface area contributed by atoms with Gasteiger partial charge in [0, 0.05) is 19.0 Å². The summed E-state index contributed by atoms with van der Waals surface area (Å²) in [6, 6.07) is 11.3. The van der Waals surface area contributed by atoms with Gasteiger partial charge in [-0.1, -0.05) is 26.0 Å². The summed E-state index contributed by atoms with van der Waals surface area (Å²) in [6.07, 6.45) is 1.78. The van der Waals surface area contributed by atoms with Gasteiger partial charge in [0.1, 0.15) is 11.6 Å². The molecule has 0 bridgehead atoms. The van der Waals surface area contributed by atoms with E-state index in [1.165, 1.54) is 0 Å². The van der Waals surface area contributed by atoms with Crippen LogP contribution in [-0.4, -0.2) is 45.9 Å². The fourth-order valence-corrected chi connectivity index (χ4v) is 3.71. The molecule has 3 aromatic rings. The smallest absolute Gasteiger partial charge is 0.229 e. The molecule has 1 saturated heterocycles. The number of carbonyl (C=O) groups excluding carboxylic acids is 1. The van der Waals surface area contributed by atoms with Gasteiger partial charge in [-0.05, 0) is 37.1 Å². The van der Waals surface area contributed by atoms with Crippen LogP contribution in [0.4, 0.5) is 11.5 Å².